The quantitative estimate of drug-likeness (QED) is 0.262. The lowest BCUT2D eigenvalue weighted by Crippen LogP contribution is -2.48. The van der Waals surface area contributed by atoms with Crippen molar-refractivity contribution in [2.45, 2.75) is 104 Å². The number of nitrogens with zero attached hydrogens (tertiary/aromatic N) is 3. The van der Waals surface area contributed by atoms with Gasteiger partial charge in [-0.2, -0.15) is 0 Å². The van der Waals surface area contributed by atoms with E-state index in [2.05, 4.69) is 17.1 Å². The van der Waals surface area contributed by atoms with Gasteiger partial charge >= 0.3 is 18.0 Å². The fourth-order valence-corrected chi connectivity index (χ4v) is 8.42. The monoisotopic (exact) mass is 698 g/mol. The van der Waals surface area contributed by atoms with Gasteiger partial charge in [-0.25, -0.2) is 9.59 Å². The van der Waals surface area contributed by atoms with Crippen LogP contribution in [0.5, 0.6) is 5.75 Å². The Morgan fingerprint density at radius 2 is 1.80 bits per heavy atom. The number of hydrogen-bond acceptors (Lipinski definition) is 9. The number of likely N-dealkylation sites (tertiary alicyclic amines) is 2. The maximum atomic E-state index is 14.2. The van der Waals surface area contributed by atoms with E-state index in [0.29, 0.717) is 54.7 Å². The minimum atomic E-state index is -1.87. The van der Waals surface area contributed by atoms with E-state index in [1.54, 1.807) is 30.6 Å². The Morgan fingerprint density at radius 3 is 2.49 bits per heavy atom. The van der Waals surface area contributed by atoms with Crippen LogP contribution in [0.4, 0.5) is 10.5 Å². The normalized spacial score (nSPS) is 24.0. The number of amides is 1. The van der Waals surface area contributed by atoms with E-state index in [-0.39, 0.29) is 30.2 Å². The van der Waals surface area contributed by atoms with Gasteiger partial charge in [0.2, 0.25) is 0 Å². The Kier molecular flexibility index (Phi) is 9.60. The number of benzene rings is 1. The molecule has 0 spiro atoms. The zero-order valence-corrected chi connectivity index (χ0v) is 30.5. The van der Waals surface area contributed by atoms with Crippen molar-refractivity contribution in [1.82, 2.24) is 14.4 Å². The fraction of sp³-hybridized carbons (Fsp3) is 0.550. The van der Waals surface area contributed by atoms with Gasteiger partial charge in [-0.15, -0.1) is 0 Å². The van der Waals surface area contributed by atoms with Crippen LogP contribution in [0.1, 0.15) is 102 Å². The second kappa shape index (κ2) is 14.0. The van der Waals surface area contributed by atoms with Crippen molar-refractivity contribution in [3.8, 4) is 5.75 Å². The average Bonchev–Trinajstić information content (AvgIpc) is 3.50. The molecular weight excluding hydrogens is 648 g/mol. The first-order valence-electron chi connectivity index (χ1n) is 18.7. The Hall–Kier alpha value is -4.38. The molecule has 2 unspecified atom stereocenters. The zero-order valence-electron chi connectivity index (χ0n) is 30.5. The van der Waals surface area contributed by atoms with Crippen LogP contribution in [0.3, 0.4) is 0 Å². The topological polar surface area (TPSA) is 119 Å². The first-order chi connectivity index (χ1) is 24.6. The van der Waals surface area contributed by atoms with Crippen molar-refractivity contribution in [2.75, 3.05) is 31.5 Å². The first kappa shape index (κ1) is 35.0. The van der Waals surface area contributed by atoms with E-state index in [1.807, 2.05) is 36.9 Å². The van der Waals surface area contributed by atoms with Crippen molar-refractivity contribution in [2.24, 2.45) is 11.8 Å². The molecule has 272 valence electrons. The van der Waals surface area contributed by atoms with Gasteiger partial charge in [0.25, 0.3) is 11.2 Å². The number of anilines is 1. The molecule has 11 heteroatoms. The third-order valence-corrected chi connectivity index (χ3v) is 11.7. The molecule has 2 fully saturated rings. The predicted molar refractivity (Wildman–Crippen MR) is 193 cm³/mol. The number of rotatable bonds is 7. The van der Waals surface area contributed by atoms with E-state index in [4.69, 9.17) is 14.2 Å². The van der Waals surface area contributed by atoms with Crippen LogP contribution in [0.15, 0.2) is 46.8 Å². The molecule has 5 aliphatic rings. The molecule has 11 nitrogen and oxygen atoms in total. The summed E-state index contributed by atoms with van der Waals surface area (Å²) in [5.41, 5.74) is 3.06. The molecular formula is C40H50N4O7. The molecule has 0 bridgehead atoms. The Labute approximate surface area is 299 Å². The molecule has 51 heavy (non-hydrogen) atoms. The number of piperidine rings is 2. The van der Waals surface area contributed by atoms with Gasteiger partial charge in [0, 0.05) is 48.2 Å². The molecule has 2 saturated heterocycles. The Bertz CT molecular complexity index is 1850. The van der Waals surface area contributed by atoms with Crippen molar-refractivity contribution < 1.29 is 28.6 Å². The molecule has 2 aromatic rings. The number of nitrogens with one attached hydrogen (secondary N) is 1. The average molecular weight is 699 g/mol. The summed E-state index contributed by atoms with van der Waals surface area (Å²) in [7, 11) is 0. The molecule has 6 heterocycles. The molecule has 0 saturated carbocycles. The van der Waals surface area contributed by atoms with Crippen LogP contribution >= 0.6 is 0 Å². The largest absolute Gasteiger partial charge is 0.457 e. The molecule has 1 aromatic carbocycles. The lowest BCUT2D eigenvalue weighted by atomic mass is 9.85. The molecule has 1 N–H and O–H groups in total. The number of fused-ring (bicyclic) bond motifs is 5. The molecule has 1 aromatic heterocycles. The van der Waals surface area contributed by atoms with Crippen LogP contribution in [0.25, 0.3) is 5.57 Å². The Morgan fingerprint density at radius 1 is 1.06 bits per heavy atom. The summed E-state index contributed by atoms with van der Waals surface area (Å²) in [4.78, 5) is 58.7. The summed E-state index contributed by atoms with van der Waals surface area (Å²) in [6, 6.07) is 7.67. The summed E-state index contributed by atoms with van der Waals surface area (Å²) in [6.07, 6.45) is 9.31. The smallest absolute Gasteiger partial charge is 0.415 e. The van der Waals surface area contributed by atoms with E-state index >= 15 is 0 Å². The van der Waals surface area contributed by atoms with Crippen LogP contribution in [0, 0.1) is 11.8 Å². The number of carbonyl (C=O) groups excluding carboxylic acids is 3. The van der Waals surface area contributed by atoms with E-state index in [9.17, 15) is 19.2 Å². The molecule has 0 aliphatic carbocycles. The van der Waals surface area contributed by atoms with Gasteiger partial charge in [0.1, 0.15) is 12.4 Å². The number of carbonyl (C=O) groups is 3. The van der Waals surface area contributed by atoms with Crippen LogP contribution in [-0.2, 0) is 37.8 Å². The third kappa shape index (κ3) is 6.17. The summed E-state index contributed by atoms with van der Waals surface area (Å²) >= 11 is 0. The fourth-order valence-electron chi connectivity index (χ4n) is 8.42. The van der Waals surface area contributed by atoms with Crippen LogP contribution in [0.2, 0.25) is 0 Å². The van der Waals surface area contributed by atoms with E-state index in [1.165, 1.54) is 25.3 Å². The van der Waals surface area contributed by atoms with Gasteiger partial charge in [-0.1, -0.05) is 40.2 Å². The SMILES string of the molecule is C/C=C/[C@@]1(OC(=O)C(C)C(C)C)C(=O)OCc2c1cc1n(c2=O)CC2=C(CC)c3cc(OC(=O)N4CCC(N5CCCCC5)CC4)ccc3NC21. The molecule has 5 aliphatic heterocycles. The molecule has 1 amide bonds. The lowest BCUT2D eigenvalue weighted by molar-refractivity contribution is -0.185. The number of allylic oxidation sites excluding steroid dienone is 2. The van der Waals surface area contributed by atoms with Gasteiger partial charge in [0.15, 0.2) is 0 Å². The number of aromatic nitrogens is 1. The highest BCUT2D eigenvalue weighted by atomic mass is 16.6. The minimum Gasteiger partial charge on any atom is -0.457 e. The minimum absolute atomic E-state index is 0.0116. The van der Waals surface area contributed by atoms with Crippen molar-refractivity contribution in [3.05, 3.63) is 74.7 Å². The summed E-state index contributed by atoms with van der Waals surface area (Å²) < 4.78 is 19.2. The standard InChI is InChI=1S/C40H50N4O7/c1-6-15-40(51-37(46)25(5)24(3)4)32-21-34-35-30(22-44(34)36(45)31(32)23-49-38(40)47)28(7-2)29-20-27(11-12-33(29)41-35)50-39(48)43-18-13-26(14-19-43)42-16-9-8-10-17-42/h6,11-12,15,20-21,24-26,35,41H,7-10,13-14,16-19,22-23H2,1-5H3/b15-6+/t25?,35?,40-/m0/s1. The Balaban J connectivity index is 1.16. The third-order valence-electron chi connectivity index (χ3n) is 11.7. The highest BCUT2D eigenvalue weighted by Gasteiger charge is 2.51. The second-order valence-electron chi connectivity index (χ2n) is 14.9. The summed E-state index contributed by atoms with van der Waals surface area (Å²) in [5, 5.41) is 3.62. The summed E-state index contributed by atoms with van der Waals surface area (Å²) in [5.74, 6) is -1.26. The van der Waals surface area contributed by atoms with E-state index in [0.717, 1.165) is 48.3 Å². The van der Waals surface area contributed by atoms with Crippen molar-refractivity contribution in [1.29, 1.82) is 0 Å². The first-order valence-corrected chi connectivity index (χ1v) is 18.7. The highest BCUT2D eigenvalue weighted by Crippen LogP contribution is 2.48. The van der Waals surface area contributed by atoms with Crippen molar-refractivity contribution >= 4 is 29.3 Å². The number of ether oxygens (including phenoxy) is 3. The number of pyridine rings is 1. The number of esters is 2. The molecule has 0 radical (unpaired) electrons. The van der Waals surface area contributed by atoms with Crippen LogP contribution < -0.4 is 15.6 Å². The van der Waals surface area contributed by atoms with Crippen molar-refractivity contribution in [3.63, 3.8) is 0 Å². The van der Waals surface area contributed by atoms with Gasteiger partial charge in [-0.3, -0.25) is 9.59 Å². The maximum absolute atomic E-state index is 14.2. The molecule has 7 rings (SSSR count). The number of cyclic esters (lactones) is 1. The van der Waals surface area contributed by atoms with E-state index < -0.39 is 23.5 Å². The molecule has 3 atom stereocenters. The highest BCUT2D eigenvalue weighted by molar-refractivity contribution is 5.90. The van der Waals surface area contributed by atoms with Gasteiger partial charge < -0.3 is 33.9 Å². The number of hydrogen-bond donors (Lipinski definition) is 1. The van der Waals surface area contributed by atoms with Crippen LogP contribution in [-0.4, -0.2) is 64.6 Å². The predicted octanol–water partition coefficient (Wildman–Crippen LogP) is 6.30. The maximum Gasteiger partial charge on any atom is 0.415 e. The van der Waals surface area contributed by atoms with Gasteiger partial charge in [-0.05, 0) is 99.5 Å². The summed E-state index contributed by atoms with van der Waals surface area (Å²) in [6.45, 7) is 13.3. The zero-order chi connectivity index (χ0) is 36.0. The second-order valence-corrected chi connectivity index (χ2v) is 14.9. The van der Waals surface area contributed by atoms with Gasteiger partial charge in [0.05, 0.1) is 17.5 Å². The lowest BCUT2D eigenvalue weighted by Gasteiger charge is -2.39.